The minimum Gasteiger partial charge on any atom is -0.320 e. The summed E-state index contributed by atoms with van der Waals surface area (Å²) in [5.74, 6) is 0.678. The molecule has 1 unspecified atom stereocenters. The van der Waals surface area contributed by atoms with Gasteiger partial charge in [0.15, 0.2) is 0 Å². The van der Waals surface area contributed by atoms with E-state index >= 15 is 0 Å². The van der Waals surface area contributed by atoms with Crippen LogP contribution in [0.25, 0.3) is 0 Å². The lowest BCUT2D eigenvalue weighted by Crippen LogP contribution is -2.10. The molecule has 0 bridgehead atoms. The van der Waals surface area contributed by atoms with Crippen LogP contribution in [0.3, 0.4) is 0 Å². The van der Waals surface area contributed by atoms with Gasteiger partial charge in [-0.25, -0.2) is 0 Å². The fraction of sp³-hybridized carbons (Fsp3) is 0.412. The highest BCUT2D eigenvalue weighted by molar-refractivity contribution is 7.12. The van der Waals surface area contributed by atoms with E-state index in [4.69, 9.17) is 5.73 Å². The molecule has 1 heterocycles. The van der Waals surface area contributed by atoms with Crippen molar-refractivity contribution in [2.45, 2.75) is 40.2 Å². The lowest BCUT2D eigenvalue weighted by atomic mass is 9.98. The van der Waals surface area contributed by atoms with Crippen LogP contribution in [0, 0.1) is 19.8 Å². The van der Waals surface area contributed by atoms with E-state index in [1.54, 1.807) is 0 Å². The van der Waals surface area contributed by atoms with E-state index in [9.17, 15) is 0 Å². The standard InChI is InChI=1S/C17H23NS/c1-11(2)8-14-6-5-7-15(10-14)17(18)16-9-12(3)13(4)19-16/h5-7,9-11,17H,8,18H2,1-4H3. The Morgan fingerprint density at radius 3 is 2.47 bits per heavy atom. The molecule has 0 radical (unpaired) electrons. The SMILES string of the molecule is Cc1cc(C(N)c2cccc(CC(C)C)c2)sc1C. The molecule has 2 N–H and O–H groups in total. The van der Waals surface area contributed by atoms with E-state index < -0.39 is 0 Å². The first-order valence-electron chi connectivity index (χ1n) is 6.88. The highest BCUT2D eigenvalue weighted by Crippen LogP contribution is 2.29. The summed E-state index contributed by atoms with van der Waals surface area (Å²) in [5, 5.41) is 0. The minimum atomic E-state index is 0.00418. The number of aryl methyl sites for hydroxylation is 2. The Morgan fingerprint density at radius 1 is 1.16 bits per heavy atom. The summed E-state index contributed by atoms with van der Waals surface area (Å²) in [6, 6.07) is 10.9. The van der Waals surface area contributed by atoms with Gasteiger partial charge < -0.3 is 5.73 Å². The second kappa shape index (κ2) is 5.89. The van der Waals surface area contributed by atoms with Crippen LogP contribution in [0.5, 0.6) is 0 Å². The molecule has 19 heavy (non-hydrogen) atoms. The van der Waals surface area contributed by atoms with Gasteiger partial charge in [-0.05, 0) is 48.9 Å². The van der Waals surface area contributed by atoms with E-state index in [0.29, 0.717) is 5.92 Å². The maximum atomic E-state index is 6.41. The lowest BCUT2D eigenvalue weighted by Gasteiger charge is -2.12. The lowest BCUT2D eigenvalue weighted by molar-refractivity contribution is 0.646. The van der Waals surface area contributed by atoms with Gasteiger partial charge in [-0.15, -0.1) is 11.3 Å². The van der Waals surface area contributed by atoms with Crippen LogP contribution in [0.4, 0.5) is 0 Å². The predicted molar refractivity (Wildman–Crippen MR) is 84.8 cm³/mol. The van der Waals surface area contributed by atoms with Crippen LogP contribution in [-0.2, 0) is 6.42 Å². The zero-order chi connectivity index (χ0) is 14.0. The van der Waals surface area contributed by atoms with Crippen molar-refractivity contribution in [2.75, 3.05) is 0 Å². The molecule has 2 aromatic rings. The Bertz CT molecular complexity index is 535. The molecule has 0 aliphatic rings. The summed E-state index contributed by atoms with van der Waals surface area (Å²) in [5.41, 5.74) is 10.4. The van der Waals surface area contributed by atoms with Crippen LogP contribution in [0.1, 0.15) is 46.3 Å². The average Bonchev–Trinajstić information content (AvgIpc) is 2.68. The second-order valence-corrected chi connectivity index (χ2v) is 7.00. The molecule has 0 aliphatic carbocycles. The van der Waals surface area contributed by atoms with E-state index in [1.807, 2.05) is 11.3 Å². The maximum absolute atomic E-state index is 6.41. The van der Waals surface area contributed by atoms with Gasteiger partial charge in [0, 0.05) is 9.75 Å². The highest BCUT2D eigenvalue weighted by atomic mass is 32.1. The Morgan fingerprint density at radius 2 is 1.89 bits per heavy atom. The van der Waals surface area contributed by atoms with Crippen molar-refractivity contribution in [1.82, 2.24) is 0 Å². The van der Waals surface area contributed by atoms with Crippen molar-refractivity contribution in [3.8, 4) is 0 Å². The van der Waals surface area contributed by atoms with E-state index in [1.165, 1.54) is 26.4 Å². The summed E-state index contributed by atoms with van der Waals surface area (Å²) >= 11 is 1.81. The molecule has 0 saturated carbocycles. The molecular formula is C17H23NS. The number of rotatable bonds is 4. The summed E-state index contributed by atoms with van der Waals surface area (Å²) < 4.78 is 0. The molecule has 0 fully saturated rings. The number of thiophene rings is 1. The minimum absolute atomic E-state index is 0.00418. The average molecular weight is 273 g/mol. The van der Waals surface area contributed by atoms with Gasteiger partial charge >= 0.3 is 0 Å². The van der Waals surface area contributed by atoms with Gasteiger partial charge in [0.1, 0.15) is 0 Å². The molecule has 1 aromatic carbocycles. The van der Waals surface area contributed by atoms with E-state index in [2.05, 4.69) is 58.0 Å². The van der Waals surface area contributed by atoms with Gasteiger partial charge in [-0.1, -0.05) is 38.1 Å². The molecule has 0 spiro atoms. The van der Waals surface area contributed by atoms with Gasteiger partial charge in [0.25, 0.3) is 0 Å². The highest BCUT2D eigenvalue weighted by Gasteiger charge is 2.13. The van der Waals surface area contributed by atoms with Gasteiger partial charge in [-0.3, -0.25) is 0 Å². The fourth-order valence-electron chi connectivity index (χ4n) is 2.30. The summed E-state index contributed by atoms with van der Waals surface area (Å²) in [4.78, 5) is 2.63. The molecule has 102 valence electrons. The molecular weight excluding hydrogens is 250 g/mol. The van der Waals surface area contributed by atoms with Crippen LogP contribution in [-0.4, -0.2) is 0 Å². The Kier molecular flexibility index (Phi) is 4.43. The summed E-state index contributed by atoms with van der Waals surface area (Å²) in [7, 11) is 0. The summed E-state index contributed by atoms with van der Waals surface area (Å²) in [6.07, 6.45) is 1.11. The first-order chi connectivity index (χ1) is 8.97. The van der Waals surface area contributed by atoms with Crippen LogP contribution in [0.15, 0.2) is 30.3 Å². The van der Waals surface area contributed by atoms with Gasteiger partial charge in [-0.2, -0.15) is 0 Å². The van der Waals surface area contributed by atoms with Crippen molar-refractivity contribution < 1.29 is 0 Å². The van der Waals surface area contributed by atoms with Crippen molar-refractivity contribution in [3.63, 3.8) is 0 Å². The van der Waals surface area contributed by atoms with Gasteiger partial charge in [0.2, 0.25) is 0 Å². The van der Waals surface area contributed by atoms with E-state index in [0.717, 1.165) is 6.42 Å². The first-order valence-corrected chi connectivity index (χ1v) is 7.70. The van der Waals surface area contributed by atoms with Crippen molar-refractivity contribution >= 4 is 11.3 Å². The van der Waals surface area contributed by atoms with Crippen LogP contribution in [0.2, 0.25) is 0 Å². The van der Waals surface area contributed by atoms with Crippen molar-refractivity contribution in [2.24, 2.45) is 11.7 Å². The third kappa shape index (κ3) is 3.46. The Balaban J connectivity index is 2.25. The number of benzene rings is 1. The predicted octanol–water partition coefficient (Wildman–Crippen LogP) is 4.61. The normalized spacial score (nSPS) is 12.9. The third-order valence-corrected chi connectivity index (χ3v) is 4.68. The van der Waals surface area contributed by atoms with Gasteiger partial charge in [0.05, 0.1) is 6.04 Å². The second-order valence-electron chi connectivity index (χ2n) is 5.71. The summed E-state index contributed by atoms with van der Waals surface area (Å²) in [6.45, 7) is 8.81. The molecule has 1 nitrogen and oxygen atoms in total. The smallest absolute Gasteiger partial charge is 0.0646 e. The molecule has 0 aliphatic heterocycles. The molecule has 2 heteroatoms. The van der Waals surface area contributed by atoms with Crippen LogP contribution >= 0.6 is 11.3 Å². The zero-order valence-corrected chi connectivity index (χ0v) is 13.1. The topological polar surface area (TPSA) is 26.0 Å². The number of nitrogens with two attached hydrogens (primary N) is 1. The molecule has 0 saturated heterocycles. The van der Waals surface area contributed by atoms with E-state index in [-0.39, 0.29) is 6.04 Å². The van der Waals surface area contributed by atoms with Crippen molar-refractivity contribution in [3.05, 3.63) is 56.8 Å². The first kappa shape index (κ1) is 14.3. The van der Waals surface area contributed by atoms with Crippen LogP contribution < -0.4 is 5.73 Å². The maximum Gasteiger partial charge on any atom is 0.0646 e. The quantitative estimate of drug-likeness (QED) is 0.865. The third-order valence-electron chi connectivity index (χ3n) is 3.45. The Hall–Kier alpha value is -1.12. The Labute approximate surface area is 120 Å². The number of hydrogen-bond donors (Lipinski definition) is 1. The monoisotopic (exact) mass is 273 g/mol. The molecule has 1 aromatic heterocycles. The zero-order valence-electron chi connectivity index (χ0n) is 12.2. The number of hydrogen-bond acceptors (Lipinski definition) is 2. The molecule has 1 atom stereocenters. The largest absolute Gasteiger partial charge is 0.320 e. The van der Waals surface area contributed by atoms with Crippen molar-refractivity contribution in [1.29, 1.82) is 0 Å². The fourth-order valence-corrected chi connectivity index (χ4v) is 3.38. The molecule has 2 rings (SSSR count). The molecule has 0 amide bonds.